The Labute approximate surface area is 107 Å². The molecular weight excluding hydrogens is 222 g/mol. The van der Waals surface area contributed by atoms with Crippen LogP contribution in [0.5, 0.6) is 0 Å². The lowest BCUT2D eigenvalue weighted by Gasteiger charge is -2.38. The highest BCUT2D eigenvalue weighted by Crippen LogP contribution is 2.47. The summed E-state index contributed by atoms with van der Waals surface area (Å²) in [5, 5.41) is 0. The molecule has 0 atom stereocenters. The van der Waals surface area contributed by atoms with Crippen LogP contribution in [0.2, 0.25) is 0 Å². The van der Waals surface area contributed by atoms with Crippen molar-refractivity contribution < 1.29 is 0 Å². The molecule has 0 aromatic carbocycles. The Morgan fingerprint density at radius 2 is 2.17 bits per heavy atom. The second kappa shape index (κ2) is 3.58. The molecule has 3 nitrogen and oxygen atoms in total. The van der Waals surface area contributed by atoms with Gasteiger partial charge >= 0.3 is 0 Å². The number of nitrogens with zero attached hydrogens (tertiary/aromatic N) is 2. The van der Waals surface area contributed by atoms with Gasteiger partial charge in [0.1, 0.15) is 0 Å². The van der Waals surface area contributed by atoms with Crippen LogP contribution in [0.15, 0.2) is 18.3 Å². The average molecular weight is 241 g/mol. The van der Waals surface area contributed by atoms with Crippen LogP contribution in [0.25, 0.3) is 11.0 Å². The van der Waals surface area contributed by atoms with Crippen LogP contribution in [-0.2, 0) is 12.0 Å². The summed E-state index contributed by atoms with van der Waals surface area (Å²) in [7, 11) is 2.24. The maximum Gasteiger partial charge on any atom is 0.0920 e. The predicted octanol–water partition coefficient (Wildman–Crippen LogP) is 2.82. The van der Waals surface area contributed by atoms with Gasteiger partial charge in [-0.15, -0.1) is 0 Å². The molecule has 1 aliphatic heterocycles. The predicted molar refractivity (Wildman–Crippen MR) is 72.6 cm³/mol. The molecule has 0 unspecified atom stereocenters. The fraction of sp³-hybridized carbons (Fsp3) is 0.533. The van der Waals surface area contributed by atoms with E-state index in [0.29, 0.717) is 5.41 Å². The van der Waals surface area contributed by atoms with Crippen molar-refractivity contribution in [3.05, 3.63) is 29.6 Å². The van der Waals surface area contributed by atoms with Crippen LogP contribution in [-0.4, -0.2) is 28.5 Å². The van der Waals surface area contributed by atoms with E-state index in [1.54, 1.807) is 0 Å². The molecule has 3 heterocycles. The lowest BCUT2D eigenvalue weighted by molar-refractivity contribution is 0.212. The van der Waals surface area contributed by atoms with Gasteiger partial charge in [0.2, 0.25) is 0 Å². The molecule has 0 amide bonds. The van der Waals surface area contributed by atoms with Gasteiger partial charge in [-0.2, -0.15) is 0 Å². The van der Waals surface area contributed by atoms with Gasteiger partial charge in [-0.1, -0.05) is 12.8 Å². The van der Waals surface area contributed by atoms with E-state index in [9.17, 15) is 0 Å². The van der Waals surface area contributed by atoms with Crippen molar-refractivity contribution >= 4 is 11.0 Å². The SMILES string of the molecule is CN1Cc2[nH]c3cccnc3c2C2(CCCC2)C1. The second-order valence-corrected chi connectivity index (χ2v) is 6.04. The first-order valence-electron chi connectivity index (χ1n) is 6.93. The molecule has 4 rings (SSSR count). The number of hydrogen-bond donors (Lipinski definition) is 1. The normalized spacial score (nSPS) is 22.7. The number of aromatic nitrogens is 2. The van der Waals surface area contributed by atoms with Crippen LogP contribution in [0.4, 0.5) is 0 Å². The Hall–Kier alpha value is -1.35. The second-order valence-electron chi connectivity index (χ2n) is 6.04. The zero-order valence-electron chi connectivity index (χ0n) is 10.9. The summed E-state index contributed by atoms with van der Waals surface area (Å²) in [4.78, 5) is 10.7. The van der Waals surface area contributed by atoms with Gasteiger partial charge in [-0.3, -0.25) is 9.88 Å². The van der Waals surface area contributed by atoms with Gasteiger partial charge in [0, 0.05) is 36.0 Å². The van der Waals surface area contributed by atoms with Gasteiger partial charge in [0.15, 0.2) is 0 Å². The molecule has 1 N–H and O–H groups in total. The Kier molecular flexibility index (Phi) is 2.10. The van der Waals surface area contributed by atoms with E-state index >= 15 is 0 Å². The van der Waals surface area contributed by atoms with Crippen molar-refractivity contribution in [2.45, 2.75) is 37.6 Å². The minimum Gasteiger partial charge on any atom is -0.356 e. The van der Waals surface area contributed by atoms with Crippen LogP contribution >= 0.6 is 0 Å². The summed E-state index contributed by atoms with van der Waals surface area (Å²) in [5.74, 6) is 0. The summed E-state index contributed by atoms with van der Waals surface area (Å²) in [6.07, 6.45) is 7.32. The van der Waals surface area contributed by atoms with E-state index in [-0.39, 0.29) is 0 Å². The van der Waals surface area contributed by atoms with E-state index in [1.165, 1.54) is 54.5 Å². The first-order valence-corrected chi connectivity index (χ1v) is 6.93. The zero-order valence-corrected chi connectivity index (χ0v) is 10.9. The first kappa shape index (κ1) is 10.6. The van der Waals surface area contributed by atoms with E-state index in [1.807, 2.05) is 12.3 Å². The van der Waals surface area contributed by atoms with Crippen LogP contribution in [0, 0.1) is 0 Å². The average Bonchev–Trinajstić information content (AvgIpc) is 2.93. The van der Waals surface area contributed by atoms with Crippen LogP contribution in [0.3, 0.4) is 0 Å². The van der Waals surface area contributed by atoms with Crippen LogP contribution < -0.4 is 0 Å². The van der Waals surface area contributed by atoms with Gasteiger partial charge in [0.05, 0.1) is 11.0 Å². The number of nitrogens with one attached hydrogen (secondary N) is 1. The minimum absolute atomic E-state index is 0.370. The number of fused-ring (bicyclic) bond motifs is 4. The summed E-state index contributed by atoms with van der Waals surface area (Å²) >= 11 is 0. The fourth-order valence-corrected chi connectivity index (χ4v) is 4.14. The van der Waals surface area contributed by atoms with E-state index in [2.05, 4.69) is 28.0 Å². The largest absolute Gasteiger partial charge is 0.356 e. The van der Waals surface area contributed by atoms with Crippen molar-refractivity contribution in [1.82, 2.24) is 14.9 Å². The summed E-state index contributed by atoms with van der Waals surface area (Å²) < 4.78 is 0. The highest BCUT2D eigenvalue weighted by Gasteiger charge is 2.43. The molecular formula is C15H19N3. The van der Waals surface area contributed by atoms with Crippen molar-refractivity contribution in [3.63, 3.8) is 0 Å². The molecule has 0 bridgehead atoms. The minimum atomic E-state index is 0.370. The number of aromatic amines is 1. The Morgan fingerprint density at radius 1 is 1.33 bits per heavy atom. The molecule has 94 valence electrons. The first-order chi connectivity index (χ1) is 8.78. The number of hydrogen-bond acceptors (Lipinski definition) is 2. The topological polar surface area (TPSA) is 31.9 Å². The molecule has 2 aliphatic rings. The number of likely N-dealkylation sites (N-methyl/N-ethyl adjacent to an activating group) is 1. The van der Waals surface area contributed by atoms with Gasteiger partial charge in [-0.05, 0) is 32.0 Å². The highest BCUT2D eigenvalue weighted by molar-refractivity contribution is 5.82. The smallest absolute Gasteiger partial charge is 0.0920 e. The maximum absolute atomic E-state index is 4.65. The molecule has 1 aliphatic carbocycles. The molecule has 18 heavy (non-hydrogen) atoms. The summed E-state index contributed by atoms with van der Waals surface area (Å²) in [5.41, 5.74) is 5.74. The van der Waals surface area contributed by atoms with Crippen molar-refractivity contribution in [3.8, 4) is 0 Å². The zero-order chi connectivity index (χ0) is 12.2. The Balaban J connectivity index is 2.01. The van der Waals surface area contributed by atoms with E-state index < -0.39 is 0 Å². The summed E-state index contributed by atoms with van der Waals surface area (Å²) in [6.45, 7) is 2.23. The van der Waals surface area contributed by atoms with Gasteiger partial charge < -0.3 is 4.98 Å². The van der Waals surface area contributed by atoms with Gasteiger partial charge in [0.25, 0.3) is 0 Å². The molecule has 1 spiro atoms. The molecule has 1 fully saturated rings. The molecule has 3 heteroatoms. The highest BCUT2D eigenvalue weighted by atomic mass is 15.1. The fourth-order valence-electron chi connectivity index (χ4n) is 4.14. The van der Waals surface area contributed by atoms with Crippen LogP contribution in [0.1, 0.15) is 36.9 Å². The lowest BCUT2D eigenvalue weighted by atomic mass is 9.75. The monoisotopic (exact) mass is 241 g/mol. The van der Waals surface area contributed by atoms with E-state index in [0.717, 1.165) is 6.54 Å². The van der Waals surface area contributed by atoms with Crippen molar-refractivity contribution in [1.29, 1.82) is 0 Å². The Bertz CT molecular complexity index is 593. The van der Waals surface area contributed by atoms with Crippen molar-refractivity contribution in [2.75, 3.05) is 13.6 Å². The molecule has 1 saturated carbocycles. The number of rotatable bonds is 0. The van der Waals surface area contributed by atoms with E-state index in [4.69, 9.17) is 0 Å². The third kappa shape index (κ3) is 1.31. The standard InChI is InChI=1S/C15H19N3/c1-18-9-12-13(15(10-18)6-2-3-7-15)14-11(17-12)5-4-8-16-14/h4-5,8,17H,2-3,6-7,9-10H2,1H3. The third-order valence-corrected chi connectivity index (χ3v) is 4.72. The molecule has 2 aromatic heterocycles. The maximum atomic E-state index is 4.65. The quantitative estimate of drug-likeness (QED) is 0.769. The Morgan fingerprint density at radius 3 is 3.00 bits per heavy atom. The lowest BCUT2D eigenvalue weighted by Crippen LogP contribution is -2.42. The molecule has 0 saturated heterocycles. The number of pyridine rings is 1. The third-order valence-electron chi connectivity index (χ3n) is 4.72. The summed E-state index contributed by atoms with van der Waals surface area (Å²) in [6, 6.07) is 4.18. The van der Waals surface area contributed by atoms with Crippen molar-refractivity contribution in [2.24, 2.45) is 0 Å². The molecule has 2 aromatic rings. The number of H-pyrrole nitrogens is 1. The molecule has 0 radical (unpaired) electrons. The van der Waals surface area contributed by atoms with Gasteiger partial charge in [-0.25, -0.2) is 0 Å².